The van der Waals surface area contributed by atoms with Crippen LogP contribution in [0.2, 0.25) is 0 Å². The van der Waals surface area contributed by atoms with Gasteiger partial charge in [-0.1, -0.05) is 17.7 Å². The van der Waals surface area contributed by atoms with Crippen LogP contribution in [0.1, 0.15) is 5.56 Å². The van der Waals surface area contributed by atoms with Crippen molar-refractivity contribution in [2.24, 2.45) is 0 Å². The number of carbonyl (C=O) groups excluding carboxylic acids is 2. The maximum atomic E-state index is 13.0. The van der Waals surface area contributed by atoms with Crippen LogP contribution in [0.15, 0.2) is 29.2 Å². The van der Waals surface area contributed by atoms with Gasteiger partial charge in [-0.2, -0.15) is 26.0 Å². The fourth-order valence-corrected chi connectivity index (χ4v) is 2.42. The molecule has 1 aliphatic heterocycles. The Morgan fingerprint density at radius 1 is 0.955 bits per heavy atom. The van der Waals surface area contributed by atoms with E-state index in [1.165, 1.54) is 12.1 Å². The molecule has 120 valence electrons. The Hall–Kier alpha value is -2.01. The third-order valence-electron chi connectivity index (χ3n) is 2.78. The zero-order valence-corrected chi connectivity index (χ0v) is 11.5. The van der Waals surface area contributed by atoms with Crippen LogP contribution in [0.5, 0.6) is 0 Å². The Kier molecular flexibility index (Phi) is 3.53. The van der Waals surface area contributed by atoms with Crippen molar-refractivity contribution in [2.45, 2.75) is 23.7 Å². The number of hydrogen-bond acceptors (Lipinski definition) is 5. The van der Waals surface area contributed by atoms with Crippen LogP contribution in [-0.4, -0.2) is 37.1 Å². The van der Waals surface area contributed by atoms with Crippen molar-refractivity contribution in [1.29, 1.82) is 0 Å². The van der Waals surface area contributed by atoms with Crippen molar-refractivity contribution in [2.75, 3.05) is 0 Å². The summed E-state index contributed by atoms with van der Waals surface area (Å²) >= 11 is 0. The largest absolute Gasteiger partial charge is 0.398 e. The predicted molar refractivity (Wildman–Crippen MR) is 61.2 cm³/mol. The SMILES string of the molecule is Cc1ccc(S(=O)(=O)ON2C(=O)C(F)(F)C(F)(F)C2=O)cc1. The van der Waals surface area contributed by atoms with Gasteiger partial charge in [-0.3, -0.25) is 9.59 Å². The lowest BCUT2D eigenvalue weighted by Crippen LogP contribution is -2.43. The van der Waals surface area contributed by atoms with Gasteiger partial charge in [0.1, 0.15) is 0 Å². The molecule has 0 aliphatic carbocycles. The third kappa shape index (κ3) is 2.25. The van der Waals surface area contributed by atoms with E-state index < -0.39 is 43.7 Å². The lowest BCUT2D eigenvalue weighted by Gasteiger charge is -2.12. The lowest BCUT2D eigenvalue weighted by atomic mass is 10.2. The summed E-state index contributed by atoms with van der Waals surface area (Å²) < 4.78 is 79.4. The van der Waals surface area contributed by atoms with Crippen molar-refractivity contribution in [1.82, 2.24) is 5.06 Å². The summed E-state index contributed by atoms with van der Waals surface area (Å²) in [7, 11) is -4.91. The number of nitrogens with zero attached hydrogens (tertiary/aromatic N) is 1. The highest BCUT2D eigenvalue weighted by Gasteiger charge is 2.77. The summed E-state index contributed by atoms with van der Waals surface area (Å²) in [5, 5.41) is -1.13. The fraction of sp³-hybridized carbons (Fsp3) is 0.273. The van der Waals surface area contributed by atoms with Gasteiger partial charge < -0.3 is 0 Å². The van der Waals surface area contributed by atoms with Gasteiger partial charge in [-0.05, 0) is 19.1 Å². The Morgan fingerprint density at radius 2 is 1.36 bits per heavy atom. The molecule has 1 heterocycles. The molecule has 6 nitrogen and oxygen atoms in total. The maximum Gasteiger partial charge on any atom is 0.398 e. The molecule has 1 aromatic rings. The van der Waals surface area contributed by atoms with Gasteiger partial charge in [-0.25, -0.2) is 0 Å². The quantitative estimate of drug-likeness (QED) is 0.611. The van der Waals surface area contributed by atoms with E-state index in [1.807, 2.05) is 0 Å². The molecule has 1 aromatic carbocycles. The average molecular weight is 341 g/mol. The minimum Gasteiger partial charge on any atom is -0.265 e. The number of halogens is 4. The highest BCUT2D eigenvalue weighted by Crippen LogP contribution is 2.43. The molecule has 0 bridgehead atoms. The third-order valence-corrected chi connectivity index (χ3v) is 3.98. The monoisotopic (exact) mass is 341 g/mol. The maximum absolute atomic E-state index is 13.0. The summed E-state index contributed by atoms with van der Waals surface area (Å²) in [5.41, 5.74) is 0.644. The van der Waals surface area contributed by atoms with Crippen LogP contribution in [0, 0.1) is 6.92 Å². The van der Waals surface area contributed by atoms with Gasteiger partial charge in [0.2, 0.25) is 0 Å². The molecule has 1 fully saturated rings. The van der Waals surface area contributed by atoms with E-state index in [0.29, 0.717) is 5.56 Å². The normalized spacial score (nSPS) is 20.5. The first-order chi connectivity index (χ1) is 9.91. The second-order valence-corrected chi connectivity index (χ2v) is 5.92. The number of aryl methyl sites for hydroxylation is 1. The molecule has 1 aliphatic rings. The predicted octanol–water partition coefficient (Wildman–Crippen LogP) is 1.25. The summed E-state index contributed by atoms with van der Waals surface area (Å²) in [6.07, 6.45) is 0. The van der Waals surface area contributed by atoms with Crippen LogP contribution < -0.4 is 0 Å². The minimum absolute atomic E-state index is 0.600. The van der Waals surface area contributed by atoms with Crippen molar-refractivity contribution in [3.8, 4) is 0 Å². The first kappa shape index (κ1) is 16.4. The first-order valence-corrected chi connectivity index (χ1v) is 6.98. The van der Waals surface area contributed by atoms with Gasteiger partial charge in [0.25, 0.3) is 0 Å². The molecule has 0 unspecified atom stereocenters. The average Bonchev–Trinajstić information content (AvgIpc) is 2.52. The van der Waals surface area contributed by atoms with E-state index in [0.717, 1.165) is 12.1 Å². The highest BCUT2D eigenvalue weighted by molar-refractivity contribution is 7.86. The number of imide groups is 1. The summed E-state index contributed by atoms with van der Waals surface area (Å²) in [6, 6.07) is 4.61. The second-order valence-electron chi connectivity index (χ2n) is 4.40. The van der Waals surface area contributed by atoms with Crippen molar-refractivity contribution in [3.05, 3.63) is 29.8 Å². The van der Waals surface area contributed by atoms with Crippen LogP contribution in [0.3, 0.4) is 0 Å². The van der Waals surface area contributed by atoms with Gasteiger partial charge in [-0.15, -0.1) is 9.35 Å². The van der Waals surface area contributed by atoms with Crippen LogP contribution in [0.4, 0.5) is 17.6 Å². The number of hydrogen-bond donors (Lipinski definition) is 0. The molecule has 0 saturated carbocycles. The van der Waals surface area contributed by atoms with Gasteiger partial charge >= 0.3 is 33.8 Å². The molecule has 1 saturated heterocycles. The Morgan fingerprint density at radius 3 is 1.77 bits per heavy atom. The molecule has 0 radical (unpaired) electrons. The molecule has 0 atom stereocenters. The lowest BCUT2D eigenvalue weighted by molar-refractivity contribution is -0.192. The summed E-state index contributed by atoms with van der Waals surface area (Å²) in [4.78, 5) is 21.6. The molecule has 0 spiro atoms. The molecular formula is C11H7F4NO5S. The van der Waals surface area contributed by atoms with Crippen molar-refractivity contribution < 1.29 is 39.9 Å². The molecule has 11 heteroatoms. The standard InChI is InChI=1S/C11H7F4NO5S/c1-6-2-4-7(5-3-6)22(19,20)21-16-8(17)10(12,13)11(14,15)9(16)18/h2-5H,1H3. The van der Waals surface area contributed by atoms with Crippen molar-refractivity contribution >= 4 is 21.9 Å². The van der Waals surface area contributed by atoms with E-state index in [4.69, 9.17) is 0 Å². The van der Waals surface area contributed by atoms with E-state index in [2.05, 4.69) is 4.28 Å². The zero-order chi connectivity index (χ0) is 16.9. The Bertz CT molecular complexity index is 718. The fourth-order valence-electron chi connectivity index (χ4n) is 1.53. The smallest absolute Gasteiger partial charge is 0.265 e. The van der Waals surface area contributed by atoms with E-state index >= 15 is 0 Å². The van der Waals surface area contributed by atoms with Gasteiger partial charge in [0, 0.05) is 0 Å². The number of rotatable bonds is 3. The Labute approximate surface area is 121 Å². The van der Waals surface area contributed by atoms with Crippen molar-refractivity contribution in [3.63, 3.8) is 0 Å². The topological polar surface area (TPSA) is 80.8 Å². The zero-order valence-electron chi connectivity index (χ0n) is 10.7. The van der Waals surface area contributed by atoms with E-state index in [9.17, 15) is 35.6 Å². The molecule has 2 amide bonds. The second kappa shape index (κ2) is 4.74. The molecule has 0 aromatic heterocycles. The molecule has 0 N–H and O–H groups in total. The molecule has 22 heavy (non-hydrogen) atoms. The van der Waals surface area contributed by atoms with Crippen LogP contribution >= 0.6 is 0 Å². The van der Waals surface area contributed by atoms with E-state index in [-0.39, 0.29) is 0 Å². The van der Waals surface area contributed by atoms with Crippen LogP contribution in [-0.2, 0) is 24.0 Å². The number of alkyl halides is 4. The van der Waals surface area contributed by atoms with Gasteiger partial charge in [0.15, 0.2) is 0 Å². The molecular weight excluding hydrogens is 334 g/mol. The first-order valence-electron chi connectivity index (χ1n) is 5.57. The highest BCUT2D eigenvalue weighted by atomic mass is 32.2. The number of hydroxylamine groups is 2. The number of benzene rings is 1. The summed E-state index contributed by atoms with van der Waals surface area (Å²) in [5.74, 6) is -16.3. The van der Waals surface area contributed by atoms with Crippen LogP contribution in [0.25, 0.3) is 0 Å². The molecule has 2 rings (SSSR count). The summed E-state index contributed by atoms with van der Waals surface area (Å²) in [6.45, 7) is 1.62. The minimum atomic E-state index is -5.38. The van der Waals surface area contributed by atoms with Gasteiger partial charge in [0.05, 0.1) is 4.90 Å². The van der Waals surface area contributed by atoms with E-state index in [1.54, 1.807) is 6.92 Å². The Balaban J connectivity index is 2.37. The number of carbonyl (C=O) groups is 2. The number of amides is 2.